The maximum absolute atomic E-state index is 13.6. The summed E-state index contributed by atoms with van der Waals surface area (Å²) in [6.45, 7) is 2.29. The highest BCUT2D eigenvalue weighted by atomic mass is 19.1. The molecule has 7 nitrogen and oxygen atoms in total. The van der Waals surface area contributed by atoms with E-state index in [0.29, 0.717) is 35.8 Å². The summed E-state index contributed by atoms with van der Waals surface area (Å²) in [6.07, 6.45) is 6.12. The molecular formula is C19H22FN5O2. The van der Waals surface area contributed by atoms with E-state index < -0.39 is 0 Å². The lowest BCUT2D eigenvalue weighted by atomic mass is 10.1. The summed E-state index contributed by atoms with van der Waals surface area (Å²) in [5.41, 5.74) is 2.26. The number of nitrogens with one attached hydrogen (secondary N) is 1. The highest BCUT2D eigenvalue weighted by molar-refractivity contribution is 5.76. The molecule has 3 rings (SSSR count). The Hall–Kier alpha value is -3.03. The average Bonchev–Trinajstić information content (AvgIpc) is 3.28. The van der Waals surface area contributed by atoms with E-state index in [1.807, 2.05) is 19.4 Å². The molecule has 2 heterocycles. The van der Waals surface area contributed by atoms with Crippen LogP contribution in [0.2, 0.25) is 0 Å². The van der Waals surface area contributed by atoms with Gasteiger partial charge in [-0.2, -0.15) is 10.1 Å². The van der Waals surface area contributed by atoms with Gasteiger partial charge in [-0.05, 0) is 37.0 Å². The Balaban J connectivity index is 1.41. The topological polar surface area (TPSA) is 85.8 Å². The van der Waals surface area contributed by atoms with Crippen molar-refractivity contribution in [3.63, 3.8) is 0 Å². The first kappa shape index (κ1) is 18.8. The van der Waals surface area contributed by atoms with Gasteiger partial charge in [-0.25, -0.2) is 4.39 Å². The third-order valence-corrected chi connectivity index (χ3v) is 4.19. The highest BCUT2D eigenvalue weighted by Gasteiger charge is 2.12. The summed E-state index contributed by atoms with van der Waals surface area (Å²) in [5.74, 6) is 0.295. The van der Waals surface area contributed by atoms with Crippen molar-refractivity contribution < 1.29 is 13.7 Å². The summed E-state index contributed by atoms with van der Waals surface area (Å²) in [6, 6.07) is 4.78. The Morgan fingerprint density at radius 1 is 1.33 bits per heavy atom. The molecule has 1 aromatic carbocycles. The molecule has 0 fully saturated rings. The van der Waals surface area contributed by atoms with Crippen LogP contribution in [-0.4, -0.2) is 32.4 Å². The van der Waals surface area contributed by atoms with Gasteiger partial charge in [0, 0.05) is 38.2 Å². The fourth-order valence-electron chi connectivity index (χ4n) is 2.64. The number of nitrogens with zero attached hydrogens (tertiary/aromatic N) is 4. The SMILES string of the molecule is Cc1ccc(-c2noc(CCC(=O)NCCCc3cnn(C)c3)n2)cc1F. The predicted octanol–water partition coefficient (Wildman–Crippen LogP) is 2.60. The molecule has 2 aromatic heterocycles. The van der Waals surface area contributed by atoms with Gasteiger partial charge in [0.15, 0.2) is 0 Å². The minimum atomic E-state index is -0.315. The molecule has 0 aliphatic rings. The number of aryl methyl sites for hydroxylation is 4. The van der Waals surface area contributed by atoms with Crippen LogP contribution >= 0.6 is 0 Å². The highest BCUT2D eigenvalue weighted by Crippen LogP contribution is 2.19. The normalized spacial score (nSPS) is 10.9. The Labute approximate surface area is 156 Å². The fraction of sp³-hybridized carbons (Fsp3) is 0.368. The molecule has 0 aliphatic carbocycles. The van der Waals surface area contributed by atoms with Crippen LogP contribution in [0.1, 0.15) is 29.9 Å². The molecule has 0 atom stereocenters. The van der Waals surface area contributed by atoms with Crippen molar-refractivity contribution in [2.24, 2.45) is 7.05 Å². The smallest absolute Gasteiger partial charge is 0.227 e. The van der Waals surface area contributed by atoms with Gasteiger partial charge in [0.25, 0.3) is 0 Å². The van der Waals surface area contributed by atoms with Crippen molar-refractivity contribution in [3.05, 3.63) is 53.4 Å². The molecule has 0 unspecified atom stereocenters. The number of rotatable bonds is 8. The van der Waals surface area contributed by atoms with Crippen LogP contribution in [0.5, 0.6) is 0 Å². The summed E-state index contributed by atoms with van der Waals surface area (Å²) >= 11 is 0. The van der Waals surface area contributed by atoms with Crippen molar-refractivity contribution in [2.75, 3.05) is 6.54 Å². The summed E-state index contributed by atoms with van der Waals surface area (Å²) in [4.78, 5) is 16.2. The minimum Gasteiger partial charge on any atom is -0.356 e. The first-order chi connectivity index (χ1) is 13.0. The van der Waals surface area contributed by atoms with Crippen molar-refractivity contribution >= 4 is 5.91 Å². The van der Waals surface area contributed by atoms with E-state index in [-0.39, 0.29) is 18.1 Å². The number of hydrogen-bond acceptors (Lipinski definition) is 5. The van der Waals surface area contributed by atoms with Crippen LogP contribution in [0.15, 0.2) is 35.1 Å². The van der Waals surface area contributed by atoms with Crippen LogP contribution in [0, 0.1) is 12.7 Å². The number of aromatic nitrogens is 4. The Morgan fingerprint density at radius 3 is 2.93 bits per heavy atom. The number of amides is 1. The van der Waals surface area contributed by atoms with E-state index in [2.05, 4.69) is 20.6 Å². The lowest BCUT2D eigenvalue weighted by Gasteiger charge is -2.03. The van der Waals surface area contributed by atoms with Crippen molar-refractivity contribution in [3.8, 4) is 11.4 Å². The maximum Gasteiger partial charge on any atom is 0.227 e. The zero-order valence-electron chi connectivity index (χ0n) is 15.4. The summed E-state index contributed by atoms with van der Waals surface area (Å²) < 4.78 is 20.6. The third kappa shape index (κ3) is 5.22. The van der Waals surface area contributed by atoms with Crippen LogP contribution in [0.25, 0.3) is 11.4 Å². The van der Waals surface area contributed by atoms with Crippen LogP contribution in [-0.2, 0) is 24.7 Å². The average molecular weight is 371 g/mol. The van der Waals surface area contributed by atoms with E-state index in [4.69, 9.17) is 4.52 Å². The van der Waals surface area contributed by atoms with E-state index in [1.54, 1.807) is 23.7 Å². The molecule has 0 bridgehead atoms. The molecule has 1 amide bonds. The molecule has 8 heteroatoms. The zero-order valence-corrected chi connectivity index (χ0v) is 15.4. The zero-order chi connectivity index (χ0) is 19.2. The number of carbonyl (C=O) groups excluding carboxylic acids is 1. The number of carbonyl (C=O) groups is 1. The second-order valence-corrected chi connectivity index (χ2v) is 6.45. The molecule has 0 spiro atoms. The molecule has 142 valence electrons. The minimum absolute atomic E-state index is 0.0673. The summed E-state index contributed by atoms with van der Waals surface area (Å²) in [5, 5.41) is 10.8. The fourth-order valence-corrected chi connectivity index (χ4v) is 2.64. The third-order valence-electron chi connectivity index (χ3n) is 4.19. The van der Waals surface area contributed by atoms with Crippen LogP contribution < -0.4 is 5.32 Å². The lowest BCUT2D eigenvalue weighted by Crippen LogP contribution is -2.25. The van der Waals surface area contributed by atoms with Gasteiger partial charge in [0.05, 0.1) is 6.20 Å². The number of halogens is 1. The Kier molecular flexibility index (Phi) is 5.95. The largest absolute Gasteiger partial charge is 0.356 e. The second-order valence-electron chi connectivity index (χ2n) is 6.45. The predicted molar refractivity (Wildman–Crippen MR) is 97.3 cm³/mol. The standard InChI is InChI=1S/C19H22FN5O2/c1-13-5-6-15(10-16(13)20)19-23-18(27-24-19)8-7-17(26)21-9-3-4-14-11-22-25(2)12-14/h5-6,10-12H,3-4,7-9H2,1-2H3,(H,21,26). The van der Waals surface area contributed by atoms with Gasteiger partial charge in [-0.15, -0.1) is 0 Å². The molecular weight excluding hydrogens is 349 g/mol. The first-order valence-electron chi connectivity index (χ1n) is 8.84. The van der Waals surface area contributed by atoms with Gasteiger partial charge in [-0.3, -0.25) is 9.48 Å². The monoisotopic (exact) mass is 371 g/mol. The maximum atomic E-state index is 13.6. The molecule has 0 aliphatic heterocycles. The van der Waals surface area contributed by atoms with Crippen LogP contribution in [0.3, 0.4) is 0 Å². The molecule has 1 N–H and O–H groups in total. The quantitative estimate of drug-likeness (QED) is 0.615. The van der Waals surface area contributed by atoms with E-state index in [0.717, 1.165) is 18.4 Å². The van der Waals surface area contributed by atoms with Gasteiger partial charge in [-0.1, -0.05) is 17.3 Å². The Morgan fingerprint density at radius 2 is 2.19 bits per heavy atom. The first-order valence-corrected chi connectivity index (χ1v) is 8.84. The van der Waals surface area contributed by atoms with Gasteiger partial charge >= 0.3 is 0 Å². The molecule has 0 radical (unpaired) electrons. The van der Waals surface area contributed by atoms with Crippen molar-refractivity contribution in [1.29, 1.82) is 0 Å². The number of hydrogen-bond donors (Lipinski definition) is 1. The van der Waals surface area contributed by atoms with Crippen molar-refractivity contribution in [1.82, 2.24) is 25.2 Å². The summed E-state index contributed by atoms with van der Waals surface area (Å²) in [7, 11) is 1.88. The molecule has 0 saturated carbocycles. The van der Waals surface area contributed by atoms with E-state index >= 15 is 0 Å². The Bertz CT molecular complexity index is 918. The second kappa shape index (κ2) is 8.57. The van der Waals surface area contributed by atoms with Gasteiger partial charge in [0.2, 0.25) is 17.6 Å². The number of benzene rings is 1. The molecule has 27 heavy (non-hydrogen) atoms. The van der Waals surface area contributed by atoms with Gasteiger partial charge in [0.1, 0.15) is 5.82 Å². The van der Waals surface area contributed by atoms with E-state index in [1.165, 1.54) is 6.07 Å². The molecule has 3 aromatic rings. The van der Waals surface area contributed by atoms with Crippen molar-refractivity contribution in [2.45, 2.75) is 32.6 Å². The van der Waals surface area contributed by atoms with Gasteiger partial charge < -0.3 is 9.84 Å². The lowest BCUT2D eigenvalue weighted by molar-refractivity contribution is -0.121. The van der Waals surface area contributed by atoms with E-state index in [9.17, 15) is 9.18 Å². The molecule has 0 saturated heterocycles. The van der Waals surface area contributed by atoms with Crippen LogP contribution in [0.4, 0.5) is 4.39 Å².